The lowest BCUT2D eigenvalue weighted by Crippen LogP contribution is -3.19. The van der Waals surface area contributed by atoms with E-state index in [1.54, 1.807) is 0 Å². The van der Waals surface area contributed by atoms with Gasteiger partial charge < -0.3 is 4.90 Å². The van der Waals surface area contributed by atoms with E-state index in [9.17, 15) is 4.79 Å². The third kappa shape index (κ3) is 4.57. The molecule has 3 rings (SSSR count). The molecule has 3 nitrogen and oxygen atoms in total. The van der Waals surface area contributed by atoms with Crippen LogP contribution in [0.3, 0.4) is 0 Å². The fraction of sp³-hybridized carbons (Fsp3) is 0.950. The number of rotatable bonds is 4. The maximum absolute atomic E-state index is 12.7. The molecule has 1 saturated heterocycles. The van der Waals surface area contributed by atoms with Crippen LogP contribution in [0.2, 0.25) is 0 Å². The minimum atomic E-state index is 0.189. The van der Waals surface area contributed by atoms with E-state index in [1.165, 1.54) is 56.3 Å². The molecule has 23 heavy (non-hydrogen) atoms. The first-order valence-electron chi connectivity index (χ1n) is 10.3. The topological polar surface area (TPSA) is 47.5 Å². The summed E-state index contributed by atoms with van der Waals surface area (Å²) in [5, 5.41) is 0. The molecule has 0 spiro atoms. The first kappa shape index (κ1) is 17.4. The lowest BCUT2D eigenvalue weighted by molar-refractivity contribution is -0.926. The van der Waals surface area contributed by atoms with E-state index >= 15 is 0 Å². The van der Waals surface area contributed by atoms with E-state index in [0.717, 1.165) is 43.6 Å². The van der Waals surface area contributed by atoms with Gasteiger partial charge in [0.05, 0.1) is 6.54 Å². The van der Waals surface area contributed by atoms with Gasteiger partial charge >= 0.3 is 0 Å². The van der Waals surface area contributed by atoms with Crippen LogP contribution in [0.5, 0.6) is 0 Å². The molecule has 3 N–H and O–H groups in total. The molecule has 1 aliphatic heterocycles. The second-order valence-electron chi connectivity index (χ2n) is 8.80. The molecule has 0 amide bonds. The molecule has 3 heteroatoms. The highest BCUT2D eigenvalue weighted by molar-refractivity contribution is 5.82. The van der Waals surface area contributed by atoms with E-state index in [2.05, 4.69) is 6.92 Å². The smallest absolute Gasteiger partial charge is 0.189 e. The Hall–Kier alpha value is -0.410. The molecule has 2 saturated carbocycles. The normalized spacial score (nSPS) is 40.0. The minimum Gasteiger partial charge on any atom is -0.314 e. The summed E-state index contributed by atoms with van der Waals surface area (Å²) in [6.45, 7) is 4.07. The van der Waals surface area contributed by atoms with Gasteiger partial charge in [0.25, 0.3) is 0 Å². The molecular weight excluding hydrogens is 284 g/mol. The summed E-state index contributed by atoms with van der Waals surface area (Å²) >= 11 is 0. The Morgan fingerprint density at radius 1 is 0.913 bits per heavy atom. The van der Waals surface area contributed by atoms with Crippen LogP contribution < -0.4 is 10.6 Å². The molecule has 3 fully saturated rings. The van der Waals surface area contributed by atoms with Gasteiger partial charge in [-0.2, -0.15) is 0 Å². The molecule has 0 aromatic rings. The molecule has 0 radical (unpaired) electrons. The summed E-state index contributed by atoms with van der Waals surface area (Å²) in [4.78, 5) is 14.1. The summed E-state index contributed by atoms with van der Waals surface area (Å²) < 4.78 is 0. The Labute approximate surface area is 142 Å². The van der Waals surface area contributed by atoms with Crippen molar-refractivity contribution in [2.24, 2.45) is 29.4 Å². The fourth-order valence-corrected chi connectivity index (χ4v) is 5.46. The molecule has 3 unspecified atom stereocenters. The summed E-state index contributed by atoms with van der Waals surface area (Å²) in [5.74, 6) is 3.46. The Morgan fingerprint density at radius 2 is 1.57 bits per heavy atom. The number of quaternary nitrogens is 1. The lowest BCUT2D eigenvalue weighted by Gasteiger charge is -2.37. The number of nitrogens with one attached hydrogen (secondary N) is 1. The van der Waals surface area contributed by atoms with Gasteiger partial charge in [-0.05, 0) is 43.9 Å². The molecule has 2 aliphatic carbocycles. The number of likely N-dealkylation sites (tertiary alicyclic amines) is 1. The zero-order chi connectivity index (χ0) is 16.2. The molecule has 0 aromatic carbocycles. The van der Waals surface area contributed by atoms with E-state index in [0.29, 0.717) is 18.2 Å². The third-order valence-electron chi connectivity index (χ3n) is 7.05. The monoisotopic (exact) mass is 321 g/mol. The molecule has 0 bridgehead atoms. The van der Waals surface area contributed by atoms with Crippen molar-refractivity contribution in [3.63, 3.8) is 0 Å². The van der Waals surface area contributed by atoms with Crippen LogP contribution in [-0.2, 0) is 4.79 Å². The number of ketones is 1. The fourth-order valence-electron chi connectivity index (χ4n) is 5.46. The standard InChI is InChI=1S/C20H36N2O/c1-15-7-12-20(21)22(13-15)14-19(23)18-10-8-17(9-11-18)16-5-3-2-4-6-16/h15-18,20H,2-14,21H2,1H3/p+1. The molecular formula is C20H37N2O+. The van der Waals surface area contributed by atoms with Crippen LogP contribution in [0.15, 0.2) is 0 Å². The maximum atomic E-state index is 12.7. The van der Waals surface area contributed by atoms with E-state index in [-0.39, 0.29) is 6.17 Å². The van der Waals surface area contributed by atoms with Crippen molar-refractivity contribution < 1.29 is 9.69 Å². The Bertz CT molecular complexity index is 383. The van der Waals surface area contributed by atoms with E-state index in [1.807, 2.05) is 0 Å². The number of piperidine rings is 1. The summed E-state index contributed by atoms with van der Waals surface area (Å²) in [6, 6.07) is 0. The van der Waals surface area contributed by atoms with Crippen molar-refractivity contribution >= 4 is 5.78 Å². The van der Waals surface area contributed by atoms with Crippen molar-refractivity contribution in [3.8, 4) is 0 Å². The summed E-state index contributed by atoms with van der Waals surface area (Å²) in [5.41, 5.74) is 6.25. The quantitative estimate of drug-likeness (QED) is 0.836. The van der Waals surface area contributed by atoms with Gasteiger partial charge in [0.2, 0.25) is 0 Å². The molecule has 0 aromatic heterocycles. The van der Waals surface area contributed by atoms with Gasteiger partial charge in [-0.3, -0.25) is 10.5 Å². The first-order valence-corrected chi connectivity index (χ1v) is 10.3. The zero-order valence-electron chi connectivity index (χ0n) is 15.1. The average molecular weight is 322 g/mol. The number of Topliss-reactive ketones (excluding diaryl/α,β-unsaturated/α-hetero) is 1. The van der Waals surface area contributed by atoms with Crippen molar-refractivity contribution in [1.82, 2.24) is 0 Å². The third-order valence-corrected chi connectivity index (χ3v) is 7.05. The lowest BCUT2D eigenvalue weighted by atomic mass is 9.70. The van der Waals surface area contributed by atoms with Crippen LogP contribution in [-0.4, -0.2) is 25.0 Å². The molecule has 3 aliphatic rings. The van der Waals surface area contributed by atoms with Crippen molar-refractivity contribution in [2.75, 3.05) is 13.1 Å². The Morgan fingerprint density at radius 3 is 2.26 bits per heavy atom. The van der Waals surface area contributed by atoms with Crippen LogP contribution in [0.4, 0.5) is 0 Å². The Balaban J connectivity index is 1.44. The number of carbonyl (C=O) groups excluding carboxylic acids is 1. The molecule has 1 heterocycles. The SMILES string of the molecule is CC1CCC(N)[NH+](CC(=O)C2CCC(C3CCCCC3)CC2)C1. The van der Waals surface area contributed by atoms with Crippen LogP contribution in [0.1, 0.15) is 77.6 Å². The van der Waals surface area contributed by atoms with E-state index < -0.39 is 0 Å². The minimum absolute atomic E-state index is 0.189. The number of nitrogens with two attached hydrogens (primary N) is 1. The van der Waals surface area contributed by atoms with Crippen LogP contribution in [0, 0.1) is 23.7 Å². The van der Waals surface area contributed by atoms with Crippen molar-refractivity contribution in [3.05, 3.63) is 0 Å². The molecule has 132 valence electrons. The highest BCUT2D eigenvalue weighted by atomic mass is 16.1. The van der Waals surface area contributed by atoms with Crippen molar-refractivity contribution in [2.45, 2.75) is 83.7 Å². The second-order valence-corrected chi connectivity index (χ2v) is 8.80. The van der Waals surface area contributed by atoms with Gasteiger partial charge in [0.1, 0.15) is 12.7 Å². The number of hydrogen-bond donors (Lipinski definition) is 2. The average Bonchev–Trinajstić information content (AvgIpc) is 2.59. The molecule has 3 atom stereocenters. The van der Waals surface area contributed by atoms with Crippen LogP contribution in [0.25, 0.3) is 0 Å². The largest absolute Gasteiger partial charge is 0.314 e. The first-order chi connectivity index (χ1) is 11.1. The van der Waals surface area contributed by atoms with Gasteiger partial charge in [-0.25, -0.2) is 0 Å². The predicted molar refractivity (Wildman–Crippen MR) is 94.1 cm³/mol. The second kappa shape index (κ2) is 8.11. The van der Waals surface area contributed by atoms with Gasteiger partial charge in [0, 0.05) is 18.3 Å². The Kier molecular flexibility index (Phi) is 6.14. The van der Waals surface area contributed by atoms with Crippen molar-refractivity contribution in [1.29, 1.82) is 0 Å². The van der Waals surface area contributed by atoms with Gasteiger partial charge in [-0.1, -0.05) is 39.0 Å². The number of hydrogen-bond acceptors (Lipinski definition) is 2. The van der Waals surface area contributed by atoms with Gasteiger partial charge in [-0.15, -0.1) is 0 Å². The highest BCUT2D eigenvalue weighted by Crippen LogP contribution is 2.40. The highest BCUT2D eigenvalue weighted by Gasteiger charge is 2.34. The summed E-state index contributed by atoms with van der Waals surface area (Å²) in [6.07, 6.45) is 14.6. The summed E-state index contributed by atoms with van der Waals surface area (Å²) in [7, 11) is 0. The van der Waals surface area contributed by atoms with Crippen LogP contribution >= 0.6 is 0 Å². The number of carbonyl (C=O) groups is 1. The van der Waals surface area contributed by atoms with Gasteiger partial charge in [0.15, 0.2) is 5.78 Å². The predicted octanol–water partition coefficient (Wildman–Crippen LogP) is 2.54. The zero-order valence-corrected chi connectivity index (χ0v) is 15.1. The maximum Gasteiger partial charge on any atom is 0.189 e. The van der Waals surface area contributed by atoms with E-state index in [4.69, 9.17) is 5.73 Å².